The number of phenolic OH excluding ortho intramolecular Hbond substituents is 1. The molecule has 0 radical (unpaired) electrons. The van der Waals surface area contributed by atoms with E-state index < -0.39 is 0 Å². The second kappa shape index (κ2) is 3.09. The van der Waals surface area contributed by atoms with Gasteiger partial charge < -0.3 is 10.0 Å². The van der Waals surface area contributed by atoms with Gasteiger partial charge >= 0.3 is 0 Å². The highest BCUT2D eigenvalue weighted by Crippen LogP contribution is 2.22. The quantitative estimate of drug-likeness (QED) is 0.700. The molecule has 1 N–H and O–H groups in total. The molecule has 1 fully saturated rings. The zero-order chi connectivity index (χ0) is 9.26. The molecule has 0 aromatic heterocycles. The highest BCUT2D eigenvalue weighted by molar-refractivity contribution is 5.87. The summed E-state index contributed by atoms with van der Waals surface area (Å²) in [6.07, 6.45) is 0.621. The molecule has 3 nitrogen and oxygen atoms in total. The maximum absolute atomic E-state index is 11.0. The predicted octanol–water partition coefficient (Wildman–Crippen LogP) is 1.17. The van der Waals surface area contributed by atoms with E-state index in [4.69, 9.17) is 0 Å². The average Bonchev–Trinajstić information content (AvgIpc) is 2.52. The van der Waals surface area contributed by atoms with Crippen molar-refractivity contribution in [2.24, 2.45) is 0 Å². The molecule has 1 aliphatic rings. The number of hydrogen-bond donors (Lipinski definition) is 1. The molecular weight excluding hydrogens is 166 g/mol. The van der Waals surface area contributed by atoms with Gasteiger partial charge in [-0.05, 0) is 12.1 Å². The molecule has 3 heteroatoms. The molecule has 68 valence electrons. The minimum atomic E-state index is 0.247. The lowest BCUT2D eigenvalue weighted by atomic mass is 10.3. The maximum atomic E-state index is 11.0. The summed E-state index contributed by atoms with van der Waals surface area (Å²) in [6, 6.07) is 6.99. The van der Waals surface area contributed by atoms with Gasteiger partial charge in [-0.3, -0.25) is 4.79 Å². The topological polar surface area (TPSA) is 40.5 Å². The van der Waals surface area contributed by atoms with Crippen molar-refractivity contribution in [2.45, 2.75) is 6.42 Å². The monoisotopic (exact) mass is 177 g/mol. The minimum absolute atomic E-state index is 0.247. The lowest BCUT2D eigenvalue weighted by molar-refractivity contribution is -0.116. The third-order valence-electron chi connectivity index (χ3n) is 2.22. The van der Waals surface area contributed by atoms with Crippen LogP contribution in [0.25, 0.3) is 0 Å². The van der Waals surface area contributed by atoms with Crippen molar-refractivity contribution < 1.29 is 9.90 Å². The van der Waals surface area contributed by atoms with E-state index in [9.17, 15) is 9.90 Å². The molecule has 1 saturated heterocycles. The van der Waals surface area contributed by atoms with Crippen LogP contribution in [-0.2, 0) is 4.79 Å². The second-order valence-electron chi connectivity index (χ2n) is 3.23. The molecule has 1 heterocycles. The number of anilines is 1. The summed E-state index contributed by atoms with van der Waals surface area (Å²) in [5, 5.41) is 9.23. The summed E-state index contributed by atoms with van der Waals surface area (Å²) in [5.74, 6) is 0.514. The molecular formula is C10H11NO2. The van der Waals surface area contributed by atoms with Crippen molar-refractivity contribution in [2.75, 3.05) is 18.0 Å². The van der Waals surface area contributed by atoms with E-state index in [0.717, 1.165) is 12.2 Å². The van der Waals surface area contributed by atoms with E-state index in [2.05, 4.69) is 0 Å². The summed E-state index contributed by atoms with van der Waals surface area (Å²) < 4.78 is 0. The Labute approximate surface area is 76.6 Å². The highest BCUT2D eigenvalue weighted by Gasteiger charge is 2.19. The third kappa shape index (κ3) is 1.64. The standard InChI is InChI=1S/C10H11NO2/c12-9-3-1-2-8(6-9)11-5-4-10(13)7-11/h1-3,6,12H,4-5,7H2. The van der Waals surface area contributed by atoms with E-state index in [1.54, 1.807) is 18.2 Å². The Balaban J connectivity index is 2.21. The number of phenols is 1. The number of hydrogen-bond acceptors (Lipinski definition) is 3. The third-order valence-corrected chi connectivity index (χ3v) is 2.22. The fourth-order valence-corrected chi connectivity index (χ4v) is 1.54. The fraction of sp³-hybridized carbons (Fsp3) is 0.300. The summed E-state index contributed by atoms with van der Waals surface area (Å²) in [7, 11) is 0. The largest absolute Gasteiger partial charge is 0.508 e. The van der Waals surface area contributed by atoms with Crippen molar-refractivity contribution in [1.29, 1.82) is 0 Å². The molecule has 1 aromatic carbocycles. The van der Waals surface area contributed by atoms with Gasteiger partial charge in [0.1, 0.15) is 5.75 Å². The SMILES string of the molecule is O=C1CCN(c2cccc(O)c2)C1. The number of benzene rings is 1. The van der Waals surface area contributed by atoms with Crippen molar-refractivity contribution in [3.63, 3.8) is 0 Å². The van der Waals surface area contributed by atoms with Gasteiger partial charge in [0.05, 0.1) is 6.54 Å². The van der Waals surface area contributed by atoms with Gasteiger partial charge in [0.25, 0.3) is 0 Å². The lowest BCUT2D eigenvalue weighted by Gasteiger charge is -2.16. The first-order chi connectivity index (χ1) is 6.25. The normalized spacial score (nSPS) is 16.6. The minimum Gasteiger partial charge on any atom is -0.508 e. The highest BCUT2D eigenvalue weighted by atomic mass is 16.3. The number of carbonyl (C=O) groups excluding carboxylic acids is 1. The van der Waals surface area contributed by atoms with Crippen LogP contribution in [0.5, 0.6) is 5.75 Å². The van der Waals surface area contributed by atoms with E-state index in [1.165, 1.54) is 0 Å². The Hall–Kier alpha value is -1.51. The Morgan fingerprint density at radius 3 is 2.85 bits per heavy atom. The number of rotatable bonds is 1. The van der Waals surface area contributed by atoms with Crippen LogP contribution in [-0.4, -0.2) is 24.0 Å². The zero-order valence-electron chi connectivity index (χ0n) is 7.23. The molecule has 0 amide bonds. The number of carbonyl (C=O) groups is 1. The molecule has 0 spiro atoms. The van der Waals surface area contributed by atoms with E-state index in [0.29, 0.717) is 13.0 Å². The van der Waals surface area contributed by atoms with Gasteiger partial charge in [-0.2, -0.15) is 0 Å². The predicted molar refractivity (Wildman–Crippen MR) is 49.9 cm³/mol. The van der Waals surface area contributed by atoms with Crippen LogP contribution in [0.4, 0.5) is 5.69 Å². The number of Topliss-reactive ketones (excluding diaryl/α,β-unsaturated/α-hetero) is 1. The van der Waals surface area contributed by atoms with Crippen molar-refractivity contribution in [3.8, 4) is 5.75 Å². The van der Waals surface area contributed by atoms with Gasteiger partial charge in [-0.1, -0.05) is 6.07 Å². The van der Waals surface area contributed by atoms with Gasteiger partial charge in [0.15, 0.2) is 5.78 Å². The number of nitrogens with zero attached hydrogens (tertiary/aromatic N) is 1. The second-order valence-corrected chi connectivity index (χ2v) is 3.23. The molecule has 0 saturated carbocycles. The lowest BCUT2D eigenvalue weighted by Crippen LogP contribution is -2.19. The van der Waals surface area contributed by atoms with Crippen LogP contribution < -0.4 is 4.90 Å². The molecule has 13 heavy (non-hydrogen) atoms. The van der Waals surface area contributed by atoms with Crippen LogP contribution in [0.15, 0.2) is 24.3 Å². The number of ketones is 1. The van der Waals surface area contributed by atoms with Gasteiger partial charge in [-0.25, -0.2) is 0 Å². The first-order valence-corrected chi connectivity index (χ1v) is 4.31. The summed E-state index contributed by atoms with van der Waals surface area (Å²) >= 11 is 0. The Kier molecular flexibility index (Phi) is 1.93. The van der Waals surface area contributed by atoms with Crippen LogP contribution >= 0.6 is 0 Å². The summed E-state index contributed by atoms with van der Waals surface area (Å²) in [4.78, 5) is 13.0. The maximum Gasteiger partial charge on any atom is 0.153 e. The van der Waals surface area contributed by atoms with Crippen LogP contribution in [0.2, 0.25) is 0 Å². The van der Waals surface area contributed by atoms with E-state index in [1.807, 2.05) is 11.0 Å². The molecule has 1 aromatic rings. The molecule has 0 unspecified atom stereocenters. The van der Waals surface area contributed by atoms with Crippen molar-refractivity contribution >= 4 is 11.5 Å². The van der Waals surface area contributed by atoms with Crippen molar-refractivity contribution in [3.05, 3.63) is 24.3 Å². The van der Waals surface area contributed by atoms with Crippen LogP contribution in [0, 0.1) is 0 Å². The molecule has 1 aliphatic heterocycles. The van der Waals surface area contributed by atoms with E-state index in [-0.39, 0.29) is 11.5 Å². The Morgan fingerprint density at radius 2 is 2.23 bits per heavy atom. The van der Waals surface area contributed by atoms with Gasteiger partial charge in [0.2, 0.25) is 0 Å². The summed E-state index contributed by atoms with van der Waals surface area (Å²) in [5.41, 5.74) is 0.922. The molecule has 2 rings (SSSR count). The fourth-order valence-electron chi connectivity index (χ4n) is 1.54. The number of aromatic hydroxyl groups is 1. The van der Waals surface area contributed by atoms with Crippen LogP contribution in [0.1, 0.15) is 6.42 Å². The van der Waals surface area contributed by atoms with E-state index >= 15 is 0 Å². The first kappa shape index (κ1) is 8.10. The molecule has 0 atom stereocenters. The van der Waals surface area contributed by atoms with Crippen LogP contribution in [0.3, 0.4) is 0 Å². The van der Waals surface area contributed by atoms with Gasteiger partial charge in [-0.15, -0.1) is 0 Å². The Morgan fingerprint density at radius 1 is 1.38 bits per heavy atom. The molecule has 0 aliphatic carbocycles. The van der Waals surface area contributed by atoms with Crippen molar-refractivity contribution in [1.82, 2.24) is 0 Å². The Bertz CT molecular complexity index is 335. The smallest absolute Gasteiger partial charge is 0.153 e. The summed E-state index contributed by atoms with van der Waals surface area (Å²) in [6.45, 7) is 1.24. The molecule has 0 bridgehead atoms. The first-order valence-electron chi connectivity index (χ1n) is 4.31. The zero-order valence-corrected chi connectivity index (χ0v) is 7.23. The average molecular weight is 177 g/mol. The van der Waals surface area contributed by atoms with Gasteiger partial charge in [0, 0.05) is 24.7 Å².